The predicted molar refractivity (Wildman–Crippen MR) is 77.7 cm³/mol. The molecule has 0 saturated heterocycles. The number of benzene rings is 2. The van der Waals surface area contributed by atoms with E-state index in [4.69, 9.17) is 9.47 Å². The molecule has 20 heavy (non-hydrogen) atoms. The molecule has 0 bridgehead atoms. The Labute approximate surface area is 118 Å². The Bertz CT molecular complexity index is 599. The first kappa shape index (κ1) is 14.3. The summed E-state index contributed by atoms with van der Waals surface area (Å²) >= 11 is 0. The molecule has 106 valence electrons. The van der Waals surface area contributed by atoms with Crippen molar-refractivity contribution >= 4 is 0 Å². The van der Waals surface area contributed by atoms with Crippen LogP contribution in [0, 0.1) is 5.82 Å². The quantitative estimate of drug-likeness (QED) is 0.908. The van der Waals surface area contributed by atoms with Gasteiger partial charge < -0.3 is 14.8 Å². The molecular weight excluding hydrogens is 257 g/mol. The van der Waals surface area contributed by atoms with Gasteiger partial charge in [0.1, 0.15) is 5.82 Å². The number of methoxy groups -OCH3 is 2. The third-order valence-electron chi connectivity index (χ3n) is 3.11. The van der Waals surface area contributed by atoms with Crippen molar-refractivity contribution in [2.24, 2.45) is 0 Å². The van der Waals surface area contributed by atoms with Gasteiger partial charge in [-0.3, -0.25) is 0 Å². The number of rotatable bonds is 5. The van der Waals surface area contributed by atoms with Crippen molar-refractivity contribution in [2.45, 2.75) is 6.54 Å². The van der Waals surface area contributed by atoms with Crippen molar-refractivity contribution < 1.29 is 13.9 Å². The number of halogens is 1. The van der Waals surface area contributed by atoms with Crippen molar-refractivity contribution in [3.8, 4) is 22.6 Å². The second-order valence-electron chi connectivity index (χ2n) is 4.41. The molecule has 0 aromatic heterocycles. The van der Waals surface area contributed by atoms with Crippen LogP contribution in [0.3, 0.4) is 0 Å². The lowest BCUT2D eigenvalue weighted by atomic mass is 10.0. The lowest BCUT2D eigenvalue weighted by Crippen LogP contribution is -2.05. The van der Waals surface area contributed by atoms with Crippen LogP contribution >= 0.6 is 0 Å². The first-order valence-electron chi connectivity index (χ1n) is 6.35. The van der Waals surface area contributed by atoms with E-state index < -0.39 is 0 Å². The van der Waals surface area contributed by atoms with Crippen LogP contribution in [-0.2, 0) is 6.54 Å². The lowest BCUT2D eigenvalue weighted by molar-refractivity contribution is 0.355. The van der Waals surface area contributed by atoms with E-state index in [-0.39, 0.29) is 5.82 Å². The van der Waals surface area contributed by atoms with Crippen LogP contribution in [0.4, 0.5) is 4.39 Å². The predicted octanol–water partition coefficient (Wildman–Crippen LogP) is 3.23. The zero-order valence-corrected chi connectivity index (χ0v) is 11.9. The molecule has 0 saturated carbocycles. The minimum atomic E-state index is -0.253. The summed E-state index contributed by atoms with van der Waals surface area (Å²) in [6.07, 6.45) is 0. The lowest BCUT2D eigenvalue weighted by Gasteiger charge is -2.11. The van der Waals surface area contributed by atoms with Gasteiger partial charge >= 0.3 is 0 Å². The van der Waals surface area contributed by atoms with Crippen LogP contribution in [0.1, 0.15) is 5.56 Å². The summed E-state index contributed by atoms with van der Waals surface area (Å²) in [6, 6.07) is 10.5. The summed E-state index contributed by atoms with van der Waals surface area (Å²) in [5.74, 6) is 0.962. The SMILES string of the molecule is CNCc1ccc(F)c(-c2ccc(OC)c(OC)c2)c1. The Balaban J connectivity index is 2.47. The second kappa shape index (κ2) is 6.39. The van der Waals surface area contributed by atoms with Gasteiger partial charge in [-0.2, -0.15) is 0 Å². The van der Waals surface area contributed by atoms with Gasteiger partial charge in [0.15, 0.2) is 11.5 Å². The molecule has 0 fully saturated rings. The molecule has 0 radical (unpaired) electrons. The third-order valence-corrected chi connectivity index (χ3v) is 3.11. The molecule has 0 amide bonds. The smallest absolute Gasteiger partial charge is 0.161 e. The maximum Gasteiger partial charge on any atom is 0.161 e. The van der Waals surface area contributed by atoms with E-state index in [2.05, 4.69) is 5.32 Å². The average molecular weight is 275 g/mol. The number of nitrogens with one attached hydrogen (secondary N) is 1. The minimum absolute atomic E-state index is 0.253. The zero-order chi connectivity index (χ0) is 14.5. The van der Waals surface area contributed by atoms with Gasteiger partial charge in [0.2, 0.25) is 0 Å². The van der Waals surface area contributed by atoms with Crippen LogP contribution in [0.5, 0.6) is 11.5 Å². The summed E-state index contributed by atoms with van der Waals surface area (Å²) in [7, 11) is 5.00. The molecule has 0 heterocycles. The molecule has 0 aliphatic rings. The normalized spacial score (nSPS) is 10.4. The molecule has 0 aliphatic carbocycles. The van der Waals surface area contributed by atoms with Crippen LogP contribution in [-0.4, -0.2) is 21.3 Å². The van der Waals surface area contributed by atoms with Gasteiger partial charge in [-0.05, 0) is 42.4 Å². The van der Waals surface area contributed by atoms with Crippen molar-refractivity contribution in [1.82, 2.24) is 5.32 Å². The number of hydrogen-bond acceptors (Lipinski definition) is 3. The first-order valence-corrected chi connectivity index (χ1v) is 6.35. The number of ether oxygens (including phenoxy) is 2. The summed E-state index contributed by atoms with van der Waals surface area (Å²) in [4.78, 5) is 0. The standard InChI is InChI=1S/C16H18FNO2/c1-18-10-11-4-6-14(17)13(8-11)12-5-7-15(19-2)16(9-12)20-3/h4-9,18H,10H2,1-3H3. The highest BCUT2D eigenvalue weighted by atomic mass is 19.1. The summed E-state index contributed by atoms with van der Waals surface area (Å²) in [5.41, 5.74) is 2.34. The molecule has 2 aromatic carbocycles. The third kappa shape index (κ3) is 2.91. The maximum atomic E-state index is 14.0. The molecule has 0 aliphatic heterocycles. The highest BCUT2D eigenvalue weighted by molar-refractivity contribution is 5.68. The minimum Gasteiger partial charge on any atom is -0.493 e. The van der Waals surface area contributed by atoms with Crippen LogP contribution in [0.25, 0.3) is 11.1 Å². The molecule has 0 unspecified atom stereocenters. The molecule has 0 spiro atoms. The average Bonchev–Trinajstić information content (AvgIpc) is 2.48. The molecule has 4 heteroatoms. The van der Waals surface area contributed by atoms with Crippen LogP contribution in [0.2, 0.25) is 0 Å². The fourth-order valence-electron chi connectivity index (χ4n) is 2.11. The Kier molecular flexibility index (Phi) is 4.58. The Hall–Kier alpha value is -2.07. The Morgan fingerprint density at radius 1 is 1.00 bits per heavy atom. The molecule has 2 aromatic rings. The zero-order valence-electron chi connectivity index (χ0n) is 11.9. The second-order valence-corrected chi connectivity index (χ2v) is 4.41. The fourth-order valence-corrected chi connectivity index (χ4v) is 2.11. The van der Waals surface area contributed by atoms with Gasteiger partial charge in [0.05, 0.1) is 14.2 Å². The number of hydrogen-bond donors (Lipinski definition) is 1. The van der Waals surface area contributed by atoms with Crippen molar-refractivity contribution in [3.05, 3.63) is 47.8 Å². The van der Waals surface area contributed by atoms with E-state index in [0.717, 1.165) is 11.1 Å². The topological polar surface area (TPSA) is 30.5 Å². The van der Waals surface area contributed by atoms with Crippen LogP contribution in [0.15, 0.2) is 36.4 Å². The Morgan fingerprint density at radius 3 is 2.40 bits per heavy atom. The van der Waals surface area contributed by atoms with Gasteiger partial charge in [-0.15, -0.1) is 0 Å². The van der Waals surface area contributed by atoms with Crippen molar-refractivity contribution in [1.29, 1.82) is 0 Å². The molecular formula is C16H18FNO2. The van der Waals surface area contributed by atoms with Crippen molar-refractivity contribution in [2.75, 3.05) is 21.3 Å². The van der Waals surface area contributed by atoms with E-state index in [1.807, 2.05) is 19.2 Å². The van der Waals surface area contributed by atoms with E-state index in [1.165, 1.54) is 6.07 Å². The van der Waals surface area contributed by atoms with Gasteiger partial charge in [-0.1, -0.05) is 12.1 Å². The molecule has 1 N–H and O–H groups in total. The molecule has 2 rings (SSSR count). The molecule has 3 nitrogen and oxygen atoms in total. The van der Waals surface area contributed by atoms with E-state index in [1.54, 1.807) is 32.4 Å². The van der Waals surface area contributed by atoms with E-state index >= 15 is 0 Å². The maximum absolute atomic E-state index is 14.0. The first-order chi connectivity index (χ1) is 9.69. The highest BCUT2D eigenvalue weighted by Crippen LogP contribution is 2.33. The van der Waals surface area contributed by atoms with Crippen molar-refractivity contribution in [3.63, 3.8) is 0 Å². The monoisotopic (exact) mass is 275 g/mol. The molecule has 0 atom stereocenters. The van der Waals surface area contributed by atoms with Gasteiger partial charge in [0.25, 0.3) is 0 Å². The van der Waals surface area contributed by atoms with E-state index in [9.17, 15) is 4.39 Å². The van der Waals surface area contributed by atoms with Crippen LogP contribution < -0.4 is 14.8 Å². The highest BCUT2D eigenvalue weighted by Gasteiger charge is 2.10. The van der Waals surface area contributed by atoms with Gasteiger partial charge in [-0.25, -0.2) is 4.39 Å². The Morgan fingerprint density at radius 2 is 1.75 bits per heavy atom. The van der Waals surface area contributed by atoms with E-state index in [0.29, 0.717) is 23.6 Å². The largest absolute Gasteiger partial charge is 0.493 e. The summed E-state index contributed by atoms with van der Waals surface area (Å²) in [6.45, 7) is 0.695. The fraction of sp³-hybridized carbons (Fsp3) is 0.250. The summed E-state index contributed by atoms with van der Waals surface area (Å²) in [5, 5.41) is 3.06. The van der Waals surface area contributed by atoms with Gasteiger partial charge in [0, 0.05) is 12.1 Å². The summed E-state index contributed by atoms with van der Waals surface area (Å²) < 4.78 is 24.5.